The average Bonchev–Trinajstić information content (AvgIpc) is 2.99. The molecule has 2 aliphatic rings. The van der Waals surface area contributed by atoms with Crippen molar-refractivity contribution < 1.29 is 38.1 Å². The van der Waals surface area contributed by atoms with E-state index in [1.165, 1.54) is 28.0 Å². The Balaban J connectivity index is 1.93. The van der Waals surface area contributed by atoms with Crippen LogP contribution >= 0.6 is 0 Å². The number of nitrogens with zero attached hydrogens (tertiary/aromatic N) is 3. The van der Waals surface area contributed by atoms with Crippen LogP contribution in [0.3, 0.4) is 0 Å². The predicted octanol–water partition coefficient (Wildman–Crippen LogP) is 3.73. The van der Waals surface area contributed by atoms with E-state index in [0.717, 1.165) is 12.8 Å². The summed E-state index contributed by atoms with van der Waals surface area (Å²) in [7, 11) is 1.62. The average molecular weight is 636 g/mol. The van der Waals surface area contributed by atoms with Crippen molar-refractivity contribution in [2.45, 2.75) is 66.0 Å². The molecule has 45 heavy (non-hydrogen) atoms. The SMILES string of the molecule is COCCCCNc1cc(F)ccc1NC(=O)C(=O)N(CC(C)C)[C@H]1C[C@@H](C(=O)N2CCOCC2)CN(C(=O)O)C1C(C)(C)C. The summed E-state index contributed by atoms with van der Waals surface area (Å²) in [4.78, 5) is 58.3. The molecule has 1 aromatic carbocycles. The quantitative estimate of drug-likeness (QED) is 0.247. The van der Waals surface area contributed by atoms with Gasteiger partial charge in [0.15, 0.2) is 0 Å². The highest BCUT2D eigenvalue weighted by atomic mass is 19.1. The summed E-state index contributed by atoms with van der Waals surface area (Å²) >= 11 is 0. The Labute approximate surface area is 265 Å². The second-order valence-electron chi connectivity index (χ2n) is 13.3. The van der Waals surface area contributed by atoms with Gasteiger partial charge >= 0.3 is 17.9 Å². The number of amides is 4. The van der Waals surface area contributed by atoms with Gasteiger partial charge in [-0.3, -0.25) is 14.4 Å². The minimum Gasteiger partial charge on any atom is -0.465 e. The molecule has 2 heterocycles. The largest absolute Gasteiger partial charge is 0.465 e. The number of nitrogens with one attached hydrogen (secondary N) is 2. The molecule has 2 saturated heterocycles. The van der Waals surface area contributed by atoms with Crippen LogP contribution in [0, 0.1) is 23.1 Å². The topological polar surface area (TPSA) is 141 Å². The fraction of sp³-hybridized carbons (Fsp3) is 0.688. The van der Waals surface area contributed by atoms with Gasteiger partial charge < -0.3 is 39.9 Å². The van der Waals surface area contributed by atoms with Crippen LogP contribution in [0.25, 0.3) is 0 Å². The number of morpholine rings is 1. The zero-order valence-electron chi connectivity index (χ0n) is 27.4. The molecule has 1 unspecified atom stereocenters. The molecular weight excluding hydrogens is 585 g/mol. The molecule has 252 valence electrons. The number of piperidine rings is 1. The van der Waals surface area contributed by atoms with Crippen molar-refractivity contribution in [3.63, 3.8) is 0 Å². The molecule has 3 N–H and O–H groups in total. The second kappa shape index (κ2) is 16.2. The number of carbonyl (C=O) groups excluding carboxylic acids is 3. The van der Waals surface area contributed by atoms with E-state index in [1.807, 2.05) is 34.6 Å². The number of unbranched alkanes of at least 4 members (excludes halogenated alkanes) is 1. The summed E-state index contributed by atoms with van der Waals surface area (Å²) in [5.41, 5.74) is -0.0456. The molecule has 4 amide bonds. The van der Waals surface area contributed by atoms with E-state index in [2.05, 4.69) is 10.6 Å². The Kier molecular flexibility index (Phi) is 13.0. The van der Waals surface area contributed by atoms with Crippen LogP contribution in [0.5, 0.6) is 0 Å². The molecule has 0 radical (unpaired) electrons. The van der Waals surface area contributed by atoms with Gasteiger partial charge in [-0.2, -0.15) is 0 Å². The highest BCUT2D eigenvalue weighted by Crippen LogP contribution is 2.38. The number of likely N-dealkylation sites (tertiary alicyclic amines) is 1. The van der Waals surface area contributed by atoms with Crippen molar-refractivity contribution >= 4 is 35.2 Å². The third kappa shape index (κ3) is 9.77. The van der Waals surface area contributed by atoms with Crippen LogP contribution in [0.1, 0.15) is 53.9 Å². The van der Waals surface area contributed by atoms with Crippen LogP contribution < -0.4 is 10.6 Å². The second-order valence-corrected chi connectivity index (χ2v) is 13.3. The zero-order chi connectivity index (χ0) is 33.3. The third-order valence-electron chi connectivity index (χ3n) is 8.19. The van der Waals surface area contributed by atoms with Gasteiger partial charge in [-0.25, -0.2) is 9.18 Å². The Morgan fingerprint density at radius 3 is 2.42 bits per heavy atom. The van der Waals surface area contributed by atoms with E-state index >= 15 is 0 Å². The van der Waals surface area contributed by atoms with Crippen molar-refractivity contribution in [1.82, 2.24) is 14.7 Å². The van der Waals surface area contributed by atoms with Crippen LogP contribution in [0.15, 0.2) is 18.2 Å². The maximum absolute atomic E-state index is 14.1. The summed E-state index contributed by atoms with van der Waals surface area (Å²) in [6.45, 7) is 12.4. The number of hydrogen-bond donors (Lipinski definition) is 3. The van der Waals surface area contributed by atoms with Crippen molar-refractivity contribution in [3.8, 4) is 0 Å². The van der Waals surface area contributed by atoms with Crippen LogP contribution in [-0.2, 0) is 23.9 Å². The lowest BCUT2D eigenvalue weighted by Gasteiger charge is -2.52. The number of rotatable bonds is 11. The molecular formula is C32H50FN5O7. The van der Waals surface area contributed by atoms with Gasteiger partial charge in [-0.05, 0) is 48.8 Å². The lowest BCUT2D eigenvalue weighted by atomic mass is 9.74. The molecule has 2 aliphatic heterocycles. The smallest absolute Gasteiger partial charge is 0.407 e. The normalized spacial score (nSPS) is 20.6. The predicted molar refractivity (Wildman–Crippen MR) is 168 cm³/mol. The number of ether oxygens (including phenoxy) is 2. The van der Waals surface area contributed by atoms with Gasteiger partial charge in [0, 0.05) is 46.4 Å². The fourth-order valence-corrected chi connectivity index (χ4v) is 6.25. The number of halogens is 1. The van der Waals surface area contributed by atoms with E-state index < -0.39 is 47.1 Å². The molecule has 0 spiro atoms. The summed E-state index contributed by atoms with van der Waals surface area (Å²) < 4.78 is 24.6. The zero-order valence-corrected chi connectivity index (χ0v) is 27.4. The van der Waals surface area contributed by atoms with E-state index in [1.54, 1.807) is 12.0 Å². The Bertz CT molecular complexity index is 1180. The lowest BCUT2D eigenvalue weighted by Crippen LogP contribution is -2.67. The Morgan fingerprint density at radius 1 is 1.13 bits per heavy atom. The summed E-state index contributed by atoms with van der Waals surface area (Å²) in [6.07, 6.45) is 0.563. The van der Waals surface area contributed by atoms with Gasteiger partial charge in [-0.15, -0.1) is 0 Å². The Morgan fingerprint density at radius 2 is 1.82 bits per heavy atom. The monoisotopic (exact) mass is 635 g/mol. The highest BCUT2D eigenvalue weighted by Gasteiger charge is 2.50. The van der Waals surface area contributed by atoms with E-state index in [0.29, 0.717) is 45.1 Å². The summed E-state index contributed by atoms with van der Waals surface area (Å²) in [5.74, 6) is -3.22. The minimum atomic E-state index is -1.19. The first-order valence-corrected chi connectivity index (χ1v) is 15.7. The summed E-state index contributed by atoms with van der Waals surface area (Å²) in [6, 6.07) is 2.41. The van der Waals surface area contributed by atoms with E-state index in [9.17, 15) is 28.7 Å². The molecule has 0 bridgehead atoms. The number of hydrogen-bond acceptors (Lipinski definition) is 7. The molecule has 3 rings (SSSR count). The van der Waals surface area contributed by atoms with Crippen LogP contribution in [0.4, 0.5) is 20.6 Å². The van der Waals surface area contributed by atoms with Crippen LogP contribution in [-0.4, -0.2) is 115 Å². The van der Waals surface area contributed by atoms with Gasteiger partial charge in [0.05, 0.1) is 42.6 Å². The standard InChI is InChI=1S/C32H50FN5O7/c1-21(2)19-37(30(41)28(39)35-24-10-9-23(33)18-25(24)34-11-7-8-14-44-6)26-17-22(29(40)36-12-15-45-16-13-36)20-38(31(42)43)27(26)32(3,4)5/h9-10,18,21-22,26-27,34H,7-8,11-17,19-20H2,1-6H3,(H,35,39)(H,42,43)/t22-,26+,27?/m1/s1. The summed E-state index contributed by atoms with van der Waals surface area (Å²) in [5, 5.41) is 16.1. The van der Waals surface area contributed by atoms with Crippen molar-refractivity contribution in [2.75, 3.05) is 70.3 Å². The highest BCUT2D eigenvalue weighted by molar-refractivity contribution is 6.40. The van der Waals surface area contributed by atoms with Gasteiger partial charge in [0.2, 0.25) is 5.91 Å². The maximum atomic E-state index is 14.1. The van der Waals surface area contributed by atoms with Crippen molar-refractivity contribution in [2.24, 2.45) is 17.3 Å². The molecule has 12 nitrogen and oxygen atoms in total. The van der Waals surface area contributed by atoms with Crippen molar-refractivity contribution in [1.29, 1.82) is 0 Å². The maximum Gasteiger partial charge on any atom is 0.407 e. The first-order valence-electron chi connectivity index (χ1n) is 15.7. The molecule has 1 aromatic rings. The fourth-order valence-electron chi connectivity index (χ4n) is 6.25. The molecule has 0 aliphatic carbocycles. The van der Waals surface area contributed by atoms with Gasteiger partial charge in [0.25, 0.3) is 0 Å². The number of carboxylic acid groups (broad SMARTS) is 1. The number of methoxy groups -OCH3 is 1. The first-order chi connectivity index (χ1) is 21.2. The number of anilines is 2. The van der Waals surface area contributed by atoms with E-state index in [4.69, 9.17) is 9.47 Å². The third-order valence-corrected chi connectivity index (χ3v) is 8.19. The Hall–Kier alpha value is -3.45. The van der Waals surface area contributed by atoms with Crippen LogP contribution in [0.2, 0.25) is 0 Å². The van der Waals surface area contributed by atoms with E-state index in [-0.39, 0.29) is 37.0 Å². The van der Waals surface area contributed by atoms with Gasteiger partial charge in [0.1, 0.15) is 5.82 Å². The van der Waals surface area contributed by atoms with Gasteiger partial charge in [-0.1, -0.05) is 34.6 Å². The molecule has 0 aromatic heterocycles. The molecule has 13 heteroatoms. The minimum absolute atomic E-state index is 0.00510. The molecule has 3 atom stereocenters. The van der Waals surface area contributed by atoms with Crippen molar-refractivity contribution in [3.05, 3.63) is 24.0 Å². The lowest BCUT2D eigenvalue weighted by molar-refractivity contribution is -0.152. The molecule has 0 saturated carbocycles. The first kappa shape index (κ1) is 36.0. The molecule has 2 fully saturated rings. The number of benzene rings is 1. The number of carbonyl (C=O) groups is 4.